The molecule has 0 aliphatic heterocycles. The lowest BCUT2D eigenvalue weighted by Gasteiger charge is -2.15. The van der Waals surface area contributed by atoms with Gasteiger partial charge in [-0.1, -0.05) is 46.3 Å². The summed E-state index contributed by atoms with van der Waals surface area (Å²) in [4.78, 5) is 23.4. The number of carboxylic acids is 1. The minimum atomic E-state index is -1.12. The van der Waals surface area contributed by atoms with E-state index in [-0.39, 0.29) is 17.4 Å². The molecule has 2 N–H and O–H groups in total. The summed E-state index contributed by atoms with van der Waals surface area (Å²) in [5, 5.41) is 21.1. The first-order valence-corrected chi connectivity index (χ1v) is 9.93. The molecule has 0 heterocycles. The van der Waals surface area contributed by atoms with Gasteiger partial charge >= 0.3 is 5.97 Å². The largest absolute Gasteiger partial charge is 0.490 e. The zero-order valence-electron chi connectivity index (χ0n) is 16.5. The van der Waals surface area contributed by atoms with Crippen LogP contribution in [0.1, 0.15) is 31.0 Å². The average molecular weight is 473 g/mol. The molecule has 2 aromatic rings. The van der Waals surface area contributed by atoms with Crippen molar-refractivity contribution in [3.63, 3.8) is 0 Å². The van der Waals surface area contributed by atoms with Gasteiger partial charge in [-0.05, 0) is 43.2 Å². The summed E-state index contributed by atoms with van der Waals surface area (Å²) in [6.07, 6.45) is 1.43. The molecule has 0 spiro atoms. The maximum Gasteiger partial charge on any atom is 0.341 e. The SMILES string of the molecule is CCOc1cc(/C=C(/C#N)C(=O)N[C@H](C)c2ccccc2)c(Br)cc1OCC(=O)O. The zero-order chi connectivity index (χ0) is 22.1. The molecule has 0 aliphatic rings. The number of carbonyl (C=O) groups excluding carboxylic acids is 1. The number of carboxylic acid groups (broad SMARTS) is 1. The summed E-state index contributed by atoms with van der Waals surface area (Å²) in [5.41, 5.74) is 1.35. The van der Waals surface area contributed by atoms with E-state index in [4.69, 9.17) is 14.6 Å². The Labute approximate surface area is 183 Å². The Bertz CT molecular complexity index is 983. The Morgan fingerprint density at radius 2 is 1.90 bits per heavy atom. The van der Waals surface area contributed by atoms with Gasteiger partial charge in [0.1, 0.15) is 11.6 Å². The maximum atomic E-state index is 12.6. The van der Waals surface area contributed by atoms with Gasteiger partial charge in [0, 0.05) is 4.47 Å². The highest BCUT2D eigenvalue weighted by molar-refractivity contribution is 9.10. The van der Waals surface area contributed by atoms with Crippen molar-refractivity contribution in [1.82, 2.24) is 5.32 Å². The molecule has 0 bridgehead atoms. The van der Waals surface area contributed by atoms with Crippen molar-refractivity contribution in [2.45, 2.75) is 19.9 Å². The van der Waals surface area contributed by atoms with Crippen LogP contribution in [0.5, 0.6) is 11.5 Å². The van der Waals surface area contributed by atoms with Crippen molar-refractivity contribution in [3.8, 4) is 17.6 Å². The average Bonchev–Trinajstić information content (AvgIpc) is 2.73. The molecular weight excluding hydrogens is 452 g/mol. The molecule has 0 unspecified atom stereocenters. The fraction of sp³-hybridized carbons (Fsp3) is 0.227. The van der Waals surface area contributed by atoms with Crippen LogP contribution in [-0.4, -0.2) is 30.2 Å². The summed E-state index contributed by atoms with van der Waals surface area (Å²) in [6.45, 7) is 3.41. The zero-order valence-corrected chi connectivity index (χ0v) is 18.1. The van der Waals surface area contributed by atoms with E-state index in [9.17, 15) is 14.9 Å². The van der Waals surface area contributed by atoms with Crippen LogP contribution < -0.4 is 14.8 Å². The molecule has 7 nitrogen and oxygen atoms in total. The molecular formula is C22H21BrN2O5. The van der Waals surface area contributed by atoms with Gasteiger partial charge in [-0.25, -0.2) is 4.79 Å². The van der Waals surface area contributed by atoms with E-state index < -0.39 is 18.5 Å². The van der Waals surface area contributed by atoms with Crippen LogP contribution in [0.4, 0.5) is 0 Å². The number of benzene rings is 2. The third-order valence-corrected chi connectivity index (χ3v) is 4.71. The fourth-order valence-corrected chi connectivity index (χ4v) is 3.02. The molecule has 0 aliphatic carbocycles. The summed E-state index contributed by atoms with van der Waals surface area (Å²) >= 11 is 3.37. The van der Waals surface area contributed by atoms with Crippen LogP contribution in [0.15, 0.2) is 52.5 Å². The topological polar surface area (TPSA) is 109 Å². The van der Waals surface area contributed by atoms with E-state index in [2.05, 4.69) is 21.2 Å². The Kier molecular flexibility index (Phi) is 8.44. The van der Waals surface area contributed by atoms with E-state index in [1.165, 1.54) is 6.08 Å². The number of halogens is 1. The maximum absolute atomic E-state index is 12.6. The first kappa shape index (κ1) is 23.0. The minimum absolute atomic E-state index is 0.0832. The Hall–Kier alpha value is -3.31. The fourth-order valence-electron chi connectivity index (χ4n) is 2.59. The summed E-state index contributed by atoms with van der Waals surface area (Å²) in [7, 11) is 0. The van der Waals surface area contributed by atoms with E-state index in [0.29, 0.717) is 22.4 Å². The number of nitriles is 1. The van der Waals surface area contributed by atoms with E-state index in [0.717, 1.165) is 5.56 Å². The summed E-state index contributed by atoms with van der Waals surface area (Å²) < 4.78 is 11.3. The third kappa shape index (κ3) is 6.36. The molecule has 8 heteroatoms. The van der Waals surface area contributed by atoms with Gasteiger partial charge in [-0.15, -0.1) is 0 Å². The van der Waals surface area contributed by atoms with Crippen molar-refractivity contribution in [2.75, 3.05) is 13.2 Å². The predicted octanol–water partition coefficient (Wildman–Crippen LogP) is 4.10. The van der Waals surface area contributed by atoms with Gasteiger partial charge in [-0.3, -0.25) is 4.79 Å². The quantitative estimate of drug-likeness (QED) is 0.420. The van der Waals surface area contributed by atoms with Gasteiger partial charge in [0.15, 0.2) is 18.1 Å². The number of rotatable bonds is 9. The van der Waals surface area contributed by atoms with Crippen molar-refractivity contribution in [1.29, 1.82) is 5.26 Å². The van der Waals surface area contributed by atoms with Gasteiger partial charge in [0.2, 0.25) is 0 Å². The van der Waals surface area contributed by atoms with Gasteiger partial charge in [0.05, 0.1) is 12.6 Å². The lowest BCUT2D eigenvalue weighted by atomic mass is 10.1. The first-order valence-electron chi connectivity index (χ1n) is 9.14. The van der Waals surface area contributed by atoms with Crippen LogP contribution in [0.25, 0.3) is 6.08 Å². The number of hydrogen-bond donors (Lipinski definition) is 2. The van der Waals surface area contributed by atoms with Crippen LogP contribution in [-0.2, 0) is 9.59 Å². The van der Waals surface area contributed by atoms with Gasteiger partial charge < -0.3 is 19.9 Å². The van der Waals surface area contributed by atoms with Gasteiger partial charge in [0.25, 0.3) is 5.91 Å². The van der Waals surface area contributed by atoms with Crippen LogP contribution in [0, 0.1) is 11.3 Å². The third-order valence-electron chi connectivity index (χ3n) is 4.03. The lowest BCUT2D eigenvalue weighted by molar-refractivity contribution is -0.139. The molecule has 156 valence electrons. The Morgan fingerprint density at radius 3 is 2.50 bits per heavy atom. The molecule has 1 amide bonds. The van der Waals surface area contributed by atoms with Crippen molar-refractivity contribution in [3.05, 3.63) is 63.6 Å². The van der Waals surface area contributed by atoms with Crippen LogP contribution in [0.2, 0.25) is 0 Å². The predicted molar refractivity (Wildman–Crippen MR) is 115 cm³/mol. The Balaban J connectivity index is 2.29. The molecule has 0 radical (unpaired) electrons. The summed E-state index contributed by atoms with van der Waals surface area (Å²) in [5.74, 6) is -1.08. The number of ether oxygens (including phenoxy) is 2. The highest BCUT2D eigenvalue weighted by Gasteiger charge is 2.16. The second-order valence-electron chi connectivity index (χ2n) is 6.21. The standard InChI is InChI=1S/C22H21BrN2O5/c1-3-29-19-10-16(18(23)11-20(19)30-13-21(26)27)9-17(12-24)22(28)25-14(2)15-7-5-4-6-8-15/h4-11,14H,3,13H2,1-2H3,(H,25,28)(H,26,27)/b17-9-/t14-/m1/s1. The number of nitrogens with zero attached hydrogens (tertiary/aromatic N) is 1. The minimum Gasteiger partial charge on any atom is -0.490 e. The van der Waals surface area contributed by atoms with Crippen LogP contribution >= 0.6 is 15.9 Å². The smallest absolute Gasteiger partial charge is 0.341 e. The normalized spacial score (nSPS) is 11.9. The van der Waals surface area contributed by atoms with Crippen molar-refractivity contribution in [2.24, 2.45) is 0 Å². The second kappa shape index (κ2) is 11.0. The molecule has 0 saturated carbocycles. The van der Waals surface area contributed by atoms with E-state index in [1.54, 1.807) is 19.1 Å². The number of carbonyl (C=O) groups is 2. The molecule has 0 aromatic heterocycles. The number of hydrogen-bond acceptors (Lipinski definition) is 5. The van der Waals surface area contributed by atoms with Crippen molar-refractivity contribution >= 4 is 33.9 Å². The molecule has 0 fully saturated rings. The molecule has 2 aromatic carbocycles. The number of amides is 1. The van der Waals surface area contributed by atoms with Crippen LogP contribution in [0.3, 0.4) is 0 Å². The monoisotopic (exact) mass is 472 g/mol. The highest BCUT2D eigenvalue weighted by Crippen LogP contribution is 2.35. The molecule has 1 atom stereocenters. The second-order valence-corrected chi connectivity index (χ2v) is 7.07. The molecule has 0 saturated heterocycles. The first-order chi connectivity index (χ1) is 14.3. The molecule has 2 rings (SSSR count). The summed E-state index contributed by atoms with van der Waals surface area (Å²) in [6, 6.07) is 14.2. The van der Waals surface area contributed by atoms with E-state index >= 15 is 0 Å². The molecule has 30 heavy (non-hydrogen) atoms. The Morgan fingerprint density at radius 1 is 1.23 bits per heavy atom. The lowest BCUT2D eigenvalue weighted by Crippen LogP contribution is -2.27. The van der Waals surface area contributed by atoms with Gasteiger partial charge in [-0.2, -0.15) is 5.26 Å². The number of nitrogens with one attached hydrogen (secondary N) is 1. The highest BCUT2D eigenvalue weighted by atomic mass is 79.9. The van der Waals surface area contributed by atoms with E-state index in [1.807, 2.05) is 43.3 Å². The number of aliphatic carboxylic acids is 1. The van der Waals surface area contributed by atoms with Crippen molar-refractivity contribution < 1.29 is 24.2 Å².